The van der Waals surface area contributed by atoms with Gasteiger partial charge in [-0.2, -0.15) is 0 Å². The number of H-pyrrole nitrogens is 4. The lowest BCUT2D eigenvalue weighted by Gasteiger charge is -2.06. The summed E-state index contributed by atoms with van der Waals surface area (Å²) in [6.45, 7) is 0. The highest BCUT2D eigenvalue weighted by molar-refractivity contribution is 5.79. The number of nitrogens with one attached hydrogen (secondary N) is 4. The van der Waals surface area contributed by atoms with Crippen LogP contribution >= 0.6 is 0 Å². The van der Waals surface area contributed by atoms with Crippen molar-refractivity contribution in [2.45, 2.75) is 0 Å². The minimum atomic E-state index is 0.746. The van der Waals surface area contributed by atoms with Crippen LogP contribution in [0.3, 0.4) is 0 Å². The molecule has 6 N–H and O–H groups in total. The van der Waals surface area contributed by atoms with Crippen molar-refractivity contribution < 1.29 is 0 Å². The van der Waals surface area contributed by atoms with Crippen LogP contribution in [0.15, 0.2) is 103 Å². The number of hydrogen-bond acceptors (Lipinski definition) is 1. The maximum Gasteiger partial charge on any atom is 0.0485 e. The molecule has 0 spiro atoms. The van der Waals surface area contributed by atoms with E-state index < -0.39 is 0 Å². The maximum absolute atomic E-state index is 5.98. The number of anilines is 1. The van der Waals surface area contributed by atoms with E-state index in [4.69, 9.17) is 5.73 Å². The average Bonchev–Trinajstić information content (AvgIpc) is 3.72. The lowest BCUT2D eigenvalue weighted by Crippen LogP contribution is -2.15. The molecular weight excluding hydrogens is 454 g/mol. The van der Waals surface area contributed by atoms with Gasteiger partial charge in [-0.05, 0) is 83.9 Å². The molecule has 5 nitrogen and oxygen atoms in total. The summed E-state index contributed by atoms with van der Waals surface area (Å²) in [6.07, 6.45) is 4.27. The number of hydrogen-bond donors (Lipinski definition) is 5. The van der Waals surface area contributed by atoms with Crippen LogP contribution in [0.5, 0.6) is 0 Å². The Balaban J connectivity index is 1.52. The molecule has 0 aliphatic carbocycles. The molecule has 6 aromatic rings. The second kappa shape index (κ2) is 8.50. The van der Waals surface area contributed by atoms with Crippen molar-refractivity contribution >= 4 is 29.0 Å². The Morgan fingerprint density at radius 1 is 0.432 bits per heavy atom. The predicted molar refractivity (Wildman–Crippen MR) is 149 cm³/mol. The van der Waals surface area contributed by atoms with Crippen molar-refractivity contribution in [3.63, 3.8) is 0 Å². The second-order valence-electron chi connectivity index (χ2n) is 9.34. The quantitative estimate of drug-likeness (QED) is 0.243. The Morgan fingerprint density at radius 3 is 1.49 bits per heavy atom. The first-order valence-corrected chi connectivity index (χ1v) is 12.3. The van der Waals surface area contributed by atoms with Gasteiger partial charge in [-0.3, -0.25) is 0 Å². The summed E-state index contributed by atoms with van der Waals surface area (Å²) in [7, 11) is 0. The van der Waals surface area contributed by atoms with Crippen molar-refractivity contribution in [2.24, 2.45) is 0 Å². The summed E-state index contributed by atoms with van der Waals surface area (Å²) < 4.78 is 0. The van der Waals surface area contributed by atoms with Gasteiger partial charge < -0.3 is 25.7 Å². The van der Waals surface area contributed by atoms with Gasteiger partial charge in [0.15, 0.2) is 0 Å². The third kappa shape index (κ3) is 3.93. The van der Waals surface area contributed by atoms with Crippen LogP contribution in [0.25, 0.3) is 23.3 Å². The van der Waals surface area contributed by atoms with Gasteiger partial charge >= 0.3 is 0 Å². The van der Waals surface area contributed by atoms with Crippen LogP contribution in [0.2, 0.25) is 0 Å². The van der Waals surface area contributed by atoms with Crippen molar-refractivity contribution in [3.8, 4) is 0 Å². The summed E-state index contributed by atoms with van der Waals surface area (Å²) in [6, 6.07) is 35.5. The number of benzene rings is 2. The molecule has 0 atom stereocenters. The van der Waals surface area contributed by atoms with E-state index in [9.17, 15) is 0 Å². The van der Waals surface area contributed by atoms with Crippen molar-refractivity contribution in [3.05, 3.63) is 158 Å². The van der Waals surface area contributed by atoms with Crippen molar-refractivity contribution in [1.29, 1.82) is 0 Å². The van der Waals surface area contributed by atoms with Crippen LogP contribution in [-0.2, 0) is 0 Å². The van der Waals surface area contributed by atoms with E-state index in [0.29, 0.717) is 0 Å². The lowest BCUT2D eigenvalue weighted by atomic mass is 10.0. The lowest BCUT2D eigenvalue weighted by molar-refractivity contribution is 1.21. The number of nitrogens with two attached hydrogens (primary N) is 1. The molecule has 0 saturated heterocycles. The Hall–Kier alpha value is -5.16. The van der Waals surface area contributed by atoms with E-state index in [2.05, 4.69) is 117 Å². The summed E-state index contributed by atoms with van der Waals surface area (Å²) in [4.78, 5) is 14.5. The zero-order chi connectivity index (χ0) is 24.8. The van der Waals surface area contributed by atoms with E-state index in [0.717, 1.165) is 72.1 Å². The molecule has 0 saturated carbocycles. The van der Waals surface area contributed by atoms with E-state index in [1.165, 1.54) is 0 Å². The van der Waals surface area contributed by atoms with E-state index in [1.54, 1.807) is 0 Å². The molecule has 8 bridgehead atoms. The van der Waals surface area contributed by atoms with E-state index >= 15 is 0 Å². The molecule has 5 heterocycles. The van der Waals surface area contributed by atoms with Gasteiger partial charge in [-0.1, -0.05) is 42.5 Å². The van der Waals surface area contributed by atoms with Gasteiger partial charge in [0, 0.05) is 61.0 Å². The van der Waals surface area contributed by atoms with Crippen molar-refractivity contribution in [2.75, 3.05) is 5.73 Å². The first-order valence-electron chi connectivity index (χ1n) is 12.3. The Kier molecular flexibility index (Phi) is 4.86. The van der Waals surface area contributed by atoms with Gasteiger partial charge in [-0.15, -0.1) is 0 Å². The second-order valence-corrected chi connectivity index (χ2v) is 9.34. The molecule has 1 aliphatic rings. The van der Waals surface area contributed by atoms with Gasteiger partial charge in [0.2, 0.25) is 0 Å². The highest BCUT2D eigenvalue weighted by Crippen LogP contribution is 2.22. The van der Waals surface area contributed by atoms with Crippen LogP contribution in [0.1, 0.15) is 33.9 Å². The number of fused-ring (bicyclic) bond motifs is 8. The van der Waals surface area contributed by atoms with Crippen LogP contribution in [0, 0.1) is 0 Å². The first-order chi connectivity index (χ1) is 18.2. The number of aromatic nitrogens is 4. The zero-order valence-corrected chi connectivity index (χ0v) is 20.0. The Labute approximate surface area is 213 Å². The van der Waals surface area contributed by atoms with E-state index in [-0.39, 0.29) is 0 Å². The minimum Gasteiger partial charge on any atom is -0.399 e. The van der Waals surface area contributed by atoms with Crippen LogP contribution in [0.4, 0.5) is 5.69 Å². The smallest absolute Gasteiger partial charge is 0.0485 e. The van der Waals surface area contributed by atoms with Gasteiger partial charge in [0.05, 0.1) is 0 Å². The Bertz CT molecular complexity index is 1980. The predicted octanol–water partition coefficient (Wildman–Crippen LogP) is 3.05. The fraction of sp³-hybridized carbons (Fsp3) is 0. The third-order valence-corrected chi connectivity index (χ3v) is 6.80. The van der Waals surface area contributed by atoms with Crippen LogP contribution < -0.4 is 27.1 Å². The molecule has 2 aromatic carbocycles. The fourth-order valence-corrected chi connectivity index (χ4v) is 5.07. The molecule has 5 heteroatoms. The first kappa shape index (κ1) is 21.1. The molecule has 1 aliphatic heterocycles. The minimum absolute atomic E-state index is 0.746. The highest BCUT2D eigenvalue weighted by Gasteiger charge is 2.12. The van der Waals surface area contributed by atoms with E-state index in [1.807, 2.05) is 18.2 Å². The highest BCUT2D eigenvalue weighted by atomic mass is 14.8. The van der Waals surface area contributed by atoms with Gasteiger partial charge in [0.1, 0.15) is 0 Å². The molecule has 7 rings (SSSR count). The zero-order valence-electron chi connectivity index (χ0n) is 20.0. The molecule has 178 valence electrons. The number of rotatable bonds is 2. The normalized spacial score (nSPS) is 12.8. The molecule has 37 heavy (non-hydrogen) atoms. The monoisotopic (exact) mass is 479 g/mol. The summed E-state index contributed by atoms with van der Waals surface area (Å²) in [5, 5.41) is 4.13. The SMILES string of the molecule is Nc1ccc(C2=c3ccc([nH]3)=Cc3ccc([nH]3)C(c3ccccc3)=c3ccc([nH]3)=Cc3ccc2[nH]3)cc1. The fourth-order valence-electron chi connectivity index (χ4n) is 5.07. The molecule has 0 amide bonds. The maximum atomic E-state index is 5.98. The van der Waals surface area contributed by atoms with Gasteiger partial charge in [0.25, 0.3) is 0 Å². The molecule has 0 fully saturated rings. The number of aromatic amines is 4. The summed E-state index contributed by atoms with van der Waals surface area (Å²) >= 11 is 0. The average molecular weight is 480 g/mol. The standard InChI is InChI=1S/C32H25N5/c33-22-8-6-21(7-9-22)32-29-16-12-25(36-29)18-23-10-14-27(34-23)31(20-4-2-1-3-5-20)28-15-11-24(35-28)19-26-13-17-30(32)37-26/h1-19,34-37H,33H2. The van der Waals surface area contributed by atoms with Gasteiger partial charge in [-0.25, -0.2) is 0 Å². The number of nitrogen functional groups attached to an aromatic ring is 1. The largest absolute Gasteiger partial charge is 0.399 e. The van der Waals surface area contributed by atoms with Crippen molar-refractivity contribution in [1.82, 2.24) is 19.9 Å². The summed E-state index contributed by atoms with van der Waals surface area (Å²) in [5.41, 5.74) is 15.3. The molecule has 4 aromatic heterocycles. The van der Waals surface area contributed by atoms with Crippen LogP contribution in [-0.4, -0.2) is 19.9 Å². The summed E-state index contributed by atoms with van der Waals surface area (Å²) in [5.74, 6) is 0. The Morgan fingerprint density at radius 2 is 0.946 bits per heavy atom. The third-order valence-electron chi connectivity index (χ3n) is 6.80. The molecule has 0 unspecified atom stereocenters. The topological polar surface area (TPSA) is 89.2 Å². The molecule has 0 radical (unpaired) electrons. The molecular formula is C32H25N5.